The number of nitrogens with zero attached hydrogens (tertiary/aromatic N) is 3. The third-order valence-electron chi connectivity index (χ3n) is 4.59. The number of anilines is 1. The third kappa shape index (κ3) is 2.83. The maximum Gasteiger partial charge on any atom is 0.259 e. The van der Waals surface area contributed by atoms with E-state index in [-0.39, 0.29) is 17.3 Å². The lowest BCUT2D eigenvalue weighted by molar-refractivity contribution is 0.0955. The number of hydrogen-bond acceptors (Lipinski definition) is 6. The monoisotopic (exact) mass is 354 g/mol. The highest BCUT2D eigenvalue weighted by Crippen LogP contribution is 2.27. The molecule has 134 valence electrons. The van der Waals surface area contributed by atoms with Gasteiger partial charge in [-0.3, -0.25) is 14.3 Å². The molecule has 0 aromatic carbocycles. The summed E-state index contributed by atoms with van der Waals surface area (Å²) in [5, 5.41) is 10.9. The number of carbonyl (C=O) groups is 2. The molecule has 26 heavy (non-hydrogen) atoms. The largest absolute Gasteiger partial charge is 0.468 e. The Morgan fingerprint density at radius 1 is 1.35 bits per heavy atom. The van der Waals surface area contributed by atoms with Gasteiger partial charge in [0.05, 0.1) is 35.2 Å². The fourth-order valence-corrected chi connectivity index (χ4v) is 3.19. The van der Waals surface area contributed by atoms with Gasteiger partial charge in [-0.25, -0.2) is 0 Å². The summed E-state index contributed by atoms with van der Waals surface area (Å²) < 4.78 is 12.2. The molecule has 0 saturated carbocycles. The second-order valence-corrected chi connectivity index (χ2v) is 6.41. The van der Waals surface area contributed by atoms with Gasteiger partial charge in [0.15, 0.2) is 5.78 Å². The van der Waals surface area contributed by atoms with E-state index in [1.54, 1.807) is 17.1 Å². The summed E-state index contributed by atoms with van der Waals surface area (Å²) in [5.41, 5.74) is 3.01. The molecular formula is C18H18N4O4. The maximum absolute atomic E-state index is 12.5. The summed E-state index contributed by atoms with van der Waals surface area (Å²) in [5.74, 6) is 0.925. The van der Waals surface area contributed by atoms with Crippen LogP contribution >= 0.6 is 0 Å². The van der Waals surface area contributed by atoms with Gasteiger partial charge < -0.3 is 14.3 Å². The van der Waals surface area contributed by atoms with E-state index in [1.165, 1.54) is 6.26 Å². The minimum atomic E-state index is -0.373. The van der Waals surface area contributed by atoms with Crippen molar-refractivity contribution >= 4 is 17.4 Å². The Morgan fingerprint density at radius 2 is 2.19 bits per heavy atom. The maximum atomic E-state index is 12.5. The van der Waals surface area contributed by atoms with E-state index in [4.69, 9.17) is 8.94 Å². The standard InChI is InChI=1S/C18H18N4O4/c1-10-13(11(2)26-21-10)8-22-7-12(6-19-22)20-18(24)14-9-25-16-5-3-4-15(23)17(14)16/h6-7,9H,3-5,8H2,1-2H3,(H,20,24). The third-order valence-corrected chi connectivity index (χ3v) is 4.59. The number of ketones is 1. The van der Waals surface area contributed by atoms with Crippen molar-refractivity contribution in [1.29, 1.82) is 0 Å². The first-order valence-electron chi connectivity index (χ1n) is 8.42. The molecule has 8 nitrogen and oxygen atoms in total. The lowest BCUT2D eigenvalue weighted by Gasteiger charge is -2.09. The highest BCUT2D eigenvalue weighted by atomic mass is 16.5. The molecule has 0 radical (unpaired) electrons. The minimum Gasteiger partial charge on any atom is -0.468 e. The van der Waals surface area contributed by atoms with Crippen LogP contribution in [0.3, 0.4) is 0 Å². The molecule has 0 atom stereocenters. The summed E-state index contributed by atoms with van der Waals surface area (Å²) in [6, 6.07) is 0. The van der Waals surface area contributed by atoms with Crippen LogP contribution < -0.4 is 5.32 Å². The summed E-state index contributed by atoms with van der Waals surface area (Å²) in [4.78, 5) is 24.6. The Hall–Kier alpha value is -3.16. The van der Waals surface area contributed by atoms with Crippen molar-refractivity contribution in [2.75, 3.05) is 5.32 Å². The van der Waals surface area contributed by atoms with E-state index in [2.05, 4.69) is 15.6 Å². The Bertz CT molecular complexity index is 975. The average Bonchev–Trinajstić information content (AvgIpc) is 3.31. The van der Waals surface area contributed by atoms with Crippen molar-refractivity contribution in [3.05, 3.63) is 52.6 Å². The molecule has 3 aromatic rings. The van der Waals surface area contributed by atoms with Gasteiger partial charge in [-0.1, -0.05) is 5.16 Å². The highest BCUT2D eigenvalue weighted by Gasteiger charge is 2.28. The molecule has 1 aliphatic carbocycles. The van der Waals surface area contributed by atoms with Crippen LogP contribution in [0, 0.1) is 13.8 Å². The number of Topliss-reactive ketones (excluding diaryl/α,β-unsaturated/α-hetero) is 1. The van der Waals surface area contributed by atoms with Crippen LogP contribution in [0.15, 0.2) is 27.6 Å². The molecule has 3 heterocycles. The van der Waals surface area contributed by atoms with Crippen LogP contribution in [0.1, 0.15) is 56.3 Å². The zero-order valence-electron chi connectivity index (χ0n) is 14.5. The minimum absolute atomic E-state index is 0.0424. The first-order chi connectivity index (χ1) is 12.5. The number of nitrogens with one attached hydrogen (secondary N) is 1. The van der Waals surface area contributed by atoms with Gasteiger partial charge in [0.2, 0.25) is 0 Å². The van der Waals surface area contributed by atoms with Gasteiger partial charge in [-0.15, -0.1) is 0 Å². The molecule has 0 fully saturated rings. The number of carbonyl (C=O) groups excluding carboxylic acids is 2. The van der Waals surface area contributed by atoms with E-state index in [0.29, 0.717) is 36.4 Å². The summed E-state index contributed by atoms with van der Waals surface area (Å²) in [7, 11) is 0. The van der Waals surface area contributed by atoms with Crippen LogP contribution in [0.5, 0.6) is 0 Å². The Morgan fingerprint density at radius 3 is 2.96 bits per heavy atom. The SMILES string of the molecule is Cc1noc(C)c1Cn1cc(NC(=O)c2coc3c2C(=O)CCC3)cn1. The number of aromatic nitrogens is 3. The predicted octanol–water partition coefficient (Wildman–Crippen LogP) is 2.90. The van der Waals surface area contributed by atoms with Crippen LogP contribution in [-0.4, -0.2) is 26.6 Å². The predicted molar refractivity (Wildman–Crippen MR) is 91.2 cm³/mol. The molecule has 8 heteroatoms. The number of hydrogen-bond donors (Lipinski definition) is 1. The molecule has 0 bridgehead atoms. The van der Waals surface area contributed by atoms with Crippen molar-refractivity contribution in [1.82, 2.24) is 14.9 Å². The molecule has 1 aliphatic rings. The van der Waals surface area contributed by atoms with E-state index in [0.717, 1.165) is 23.4 Å². The highest BCUT2D eigenvalue weighted by molar-refractivity contribution is 6.13. The summed E-state index contributed by atoms with van der Waals surface area (Å²) in [6.45, 7) is 4.22. The fourth-order valence-electron chi connectivity index (χ4n) is 3.19. The van der Waals surface area contributed by atoms with E-state index < -0.39 is 0 Å². The Kier molecular flexibility index (Phi) is 3.95. The topological polar surface area (TPSA) is 103 Å². The number of aryl methyl sites for hydroxylation is 3. The average molecular weight is 354 g/mol. The smallest absolute Gasteiger partial charge is 0.259 e. The van der Waals surface area contributed by atoms with Gasteiger partial charge in [0, 0.05) is 24.6 Å². The molecule has 4 rings (SSSR count). The second-order valence-electron chi connectivity index (χ2n) is 6.41. The fraction of sp³-hybridized carbons (Fsp3) is 0.333. The quantitative estimate of drug-likeness (QED) is 0.773. The zero-order valence-corrected chi connectivity index (χ0v) is 14.5. The molecule has 0 spiro atoms. The van der Waals surface area contributed by atoms with E-state index in [9.17, 15) is 9.59 Å². The van der Waals surface area contributed by atoms with Crippen molar-refractivity contribution in [2.24, 2.45) is 0 Å². The van der Waals surface area contributed by atoms with Gasteiger partial charge in [0.1, 0.15) is 17.8 Å². The summed E-state index contributed by atoms with van der Waals surface area (Å²) in [6.07, 6.45) is 6.53. The van der Waals surface area contributed by atoms with Crippen LogP contribution in [0.2, 0.25) is 0 Å². The molecule has 0 unspecified atom stereocenters. The first-order valence-corrected chi connectivity index (χ1v) is 8.42. The van der Waals surface area contributed by atoms with E-state index in [1.807, 2.05) is 13.8 Å². The number of fused-ring (bicyclic) bond motifs is 1. The van der Waals surface area contributed by atoms with Gasteiger partial charge in [-0.2, -0.15) is 5.10 Å². The Balaban J connectivity index is 1.50. The van der Waals surface area contributed by atoms with Gasteiger partial charge in [0.25, 0.3) is 5.91 Å². The molecule has 3 aromatic heterocycles. The van der Waals surface area contributed by atoms with Gasteiger partial charge >= 0.3 is 0 Å². The molecule has 1 N–H and O–H groups in total. The van der Waals surface area contributed by atoms with Crippen molar-refractivity contribution in [3.63, 3.8) is 0 Å². The molecule has 0 aliphatic heterocycles. The normalized spacial score (nSPS) is 13.7. The number of rotatable bonds is 4. The van der Waals surface area contributed by atoms with Crippen LogP contribution in [0.25, 0.3) is 0 Å². The molecular weight excluding hydrogens is 336 g/mol. The lowest BCUT2D eigenvalue weighted by Crippen LogP contribution is -2.17. The van der Waals surface area contributed by atoms with Crippen molar-refractivity contribution in [3.8, 4) is 0 Å². The summed E-state index contributed by atoms with van der Waals surface area (Å²) >= 11 is 0. The number of amides is 1. The van der Waals surface area contributed by atoms with Crippen LogP contribution in [0.4, 0.5) is 5.69 Å². The second kappa shape index (κ2) is 6.29. The molecule has 1 amide bonds. The van der Waals surface area contributed by atoms with E-state index >= 15 is 0 Å². The lowest BCUT2D eigenvalue weighted by atomic mass is 9.94. The Labute approximate surface area is 149 Å². The van der Waals surface area contributed by atoms with Crippen molar-refractivity contribution < 1.29 is 18.5 Å². The zero-order chi connectivity index (χ0) is 18.3. The molecule has 0 saturated heterocycles. The number of furan rings is 1. The first kappa shape index (κ1) is 16.3. The van der Waals surface area contributed by atoms with Crippen LogP contribution in [-0.2, 0) is 13.0 Å². The van der Waals surface area contributed by atoms with Crippen molar-refractivity contribution in [2.45, 2.75) is 39.7 Å². The van der Waals surface area contributed by atoms with Gasteiger partial charge in [-0.05, 0) is 20.3 Å².